The number of hydrogen-bond donors (Lipinski definition) is 1. The van der Waals surface area contributed by atoms with Crippen LogP contribution in [0.1, 0.15) is 31.9 Å². The molecule has 1 aromatic carbocycles. The smallest absolute Gasteiger partial charge is 0.203 e. The van der Waals surface area contributed by atoms with Gasteiger partial charge in [-0.15, -0.1) is 5.10 Å². The third kappa shape index (κ3) is 5.41. The molecule has 1 atom stereocenters. The third-order valence-electron chi connectivity index (χ3n) is 5.13. The van der Waals surface area contributed by atoms with Crippen molar-refractivity contribution in [1.29, 1.82) is 0 Å². The SMILES string of the molecule is COCCn1c(-c2ccncc2)nn(C[NH+](C)Cc2ccc(C(C)(C)C)cc2)c1=S. The van der Waals surface area contributed by atoms with E-state index in [2.05, 4.69) is 57.1 Å². The van der Waals surface area contributed by atoms with Gasteiger partial charge in [-0.1, -0.05) is 45.0 Å². The average Bonchev–Trinajstić information content (AvgIpc) is 3.02. The van der Waals surface area contributed by atoms with Crippen LogP contribution in [0.25, 0.3) is 11.4 Å². The normalized spacial score (nSPS) is 12.8. The van der Waals surface area contributed by atoms with Crippen LogP contribution in [-0.2, 0) is 29.9 Å². The fourth-order valence-electron chi connectivity index (χ4n) is 3.43. The highest BCUT2D eigenvalue weighted by Gasteiger charge is 2.16. The number of benzene rings is 1. The van der Waals surface area contributed by atoms with E-state index in [0.717, 1.165) is 17.9 Å². The molecular formula is C23H32N5OS+. The molecule has 1 N–H and O–H groups in total. The molecule has 0 bridgehead atoms. The first kappa shape index (κ1) is 22.3. The zero-order valence-electron chi connectivity index (χ0n) is 18.6. The molecule has 0 aliphatic rings. The van der Waals surface area contributed by atoms with Crippen molar-refractivity contribution in [2.24, 2.45) is 0 Å². The summed E-state index contributed by atoms with van der Waals surface area (Å²) in [7, 11) is 3.86. The van der Waals surface area contributed by atoms with E-state index in [0.29, 0.717) is 24.6 Å². The quantitative estimate of drug-likeness (QED) is 0.563. The maximum absolute atomic E-state index is 5.75. The molecule has 3 aromatic rings. The van der Waals surface area contributed by atoms with Gasteiger partial charge in [0, 0.05) is 30.6 Å². The molecular weight excluding hydrogens is 394 g/mol. The lowest BCUT2D eigenvalue weighted by molar-refractivity contribution is -0.917. The summed E-state index contributed by atoms with van der Waals surface area (Å²) in [4.78, 5) is 5.42. The number of nitrogens with zero attached hydrogens (tertiary/aromatic N) is 4. The number of hydrogen-bond acceptors (Lipinski definition) is 4. The number of ether oxygens (including phenoxy) is 1. The molecule has 0 radical (unpaired) electrons. The van der Waals surface area contributed by atoms with Crippen molar-refractivity contribution in [3.05, 3.63) is 64.7 Å². The van der Waals surface area contributed by atoms with Crippen molar-refractivity contribution in [1.82, 2.24) is 19.3 Å². The van der Waals surface area contributed by atoms with Gasteiger partial charge in [-0.25, -0.2) is 0 Å². The summed E-state index contributed by atoms with van der Waals surface area (Å²) < 4.78 is 9.94. The van der Waals surface area contributed by atoms with E-state index in [1.165, 1.54) is 16.0 Å². The van der Waals surface area contributed by atoms with E-state index in [9.17, 15) is 0 Å². The molecule has 160 valence electrons. The number of rotatable bonds is 8. The molecule has 30 heavy (non-hydrogen) atoms. The zero-order chi connectivity index (χ0) is 21.7. The fraction of sp³-hybridized carbons (Fsp3) is 0.435. The Kier molecular flexibility index (Phi) is 7.18. The Labute approximate surface area is 184 Å². The van der Waals surface area contributed by atoms with Crippen LogP contribution in [0.3, 0.4) is 0 Å². The van der Waals surface area contributed by atoms with Gasteiger partial charge in [0.2, 0.25) is 4.77 Å². The topological polar surface area (TPSA) is 49.3 Å². The van der Waals surface area contributed by atoms with Gasteiger partial charge < -0.3 is 9.64 Å². The van der Waals surface area contributed by atoms with Crippen molar-refractivity contribution in [2.45, 2.75) is 45.9 Å². The Balaban J connectivity index is 1.78. The number of quaternary nitrogens is 1. The predicted octanol–water partition coefficient (Wildman–Crippen LogP) is 3.09. The van der Waals surface area contributed by atoms with E-state index in [1.807, 2.05) is 21.4 Å². The van der Waals surface area contributed by atoms with Crippen molar-refractivity contribution in [2.75, 3.05) is 20.8 Å². The molecule has 6 nitrogen and oxygen atoms in total. The third-order valence-corrected chi connectivity index (χ3v) is 5.56. The minimum absolute atomic E-state index is 0.169. The molecule has 1 unspecified atom stereocenters. The van der Waals surface area contributed by atoms with Crippen LogP contribution in [0.4, 0.5) is 0 Å². The summed E-state index contributed by atoms with van der Waals surface area (Å²) >= 11 is 5.75. The van der Waals surface area contributed by atoms with Crippen LogP contribution >= 0.6 is 12.2 Å². The molecule has 7 heteroatoms. The number of pyridine rings is 1. The molecule has 0 aliphatic heterocycles. The van der Waals surface area contributed by atoms with E-state index < -0.39 is 0 Å². The highest BCUT2D eigenvalue weighted by Crippen LogP contribution is 2.22. The Hall–Kier alpha value is -2.35. The zero-order valence-corrected chi connectivity index (χ0v) is 19.4. The number of methoxy groups -OCH3 is 1. The summed E-state index contributed by atoms with van der Waals surface area (Å²) in [6.07, 6.45) is 3.55. The van der Waals surface area contributed by atoms with Gasteiger partial charge in [-0.2, -0.15) is 4.68 Å². The van der Waals surface area contributed by atoms with Crippen molar-refractivity contribution >= 4 is 12.2 Å². The Morgan fingerprint density at radius 1 is 1.07 bits per heavy atom. The first-order valence-corrected chi connectivity index (χ1v) is 10.7. The predicted molar refractivity (Wildman–Crippen MR) is 122 cm³/mol. The molecule has 0 saturated carbocycles. The van der Waals surface area contributed by atoms with Crippen LogP contribution < -0.4 is 4.90 Å². The number of aromatic nitrogens is 4. The van der Waals surface area contributed by atoms with Crippen molar-refractivity contribution < 1.29 is 9.64 Å². The average molecular weight is 427 g/mol. The molecule has 0 saturated heterocycles. The van der Waals surface area contributed by atoms with Crippen LogP contribution in [0, 0.1) is 4.77 Å². The summed E-state index contributed by atoms with van der Waals surface area (Å²) in [6, 6.07) is 12.8. The Morgan fingerprint density at radius 2 is 1.73 bits per heavy atom. The lowest BCUT2D eigenvalue weighted by atomic mass is 9.87. The van der Waals surface area contributed by atoms with Crippen molar-refractivity contribution in [3.8, 4) is 11.4 Å². The molecule has 3 rings (SSSR count). The summed E-state index contributed by atoms with van der Waals surface area (Å²) in [5.41, 5.74) is 3.83. The Bertz CT molecular complexity index is 1000. The van der Waals surface area contributed by atoms with Crippen molar-refractivity contribution in [3.63, 3.8) is 0 Å². The highest BCUT2D eigenvalue weighted by atomic mass is 32.1. The number of nitrogens with one attached hydrogen (secondary N) is 1. The summed E-state index contributed by atoms with van der Waals surface area (Å²) in [5.74, 6) is 0.849. The lowest BCUT2D eigenvalue weighted by Crippen LogP contribution is -3.07. The minimum atomic E-state index is 0.169. The van der Waals surface area contributed by atoms with E-state index in [4.69, 9.17) is 22.1 Å². The second-order valence-corrected chi connectivity index (χ2v) is 9.09. The van der Waals surface area contributed by atoms with Gasteiger partial charge in [0.25, 0.3) is 0 Å². The standard InChI is InChI=1S/C23H31N5OS/c1-23(2,3)20-8-6-18(7-9-20)16-26(4)17-28-22(30)27(14-15-29-5)21(25-28)19-10-12-24-13-11-19/h6-13H,14-17H2,1-5H3/p+1. The monoisotopic (exact) mass is 426 g/mol. The highest BCUT2D eigenvalue weighted by molar-refractivity contribution is 7.71. The summed E-state index contributed by atoms with van der Waals surface area (Å²) in [5, 5.41) is 4.83. The van der Waals surface area contributed by atoms with Crippen LogP contribution in [0.2, 0.25) is 0 Å². The molecule has 2 aromatic heterocycles. The second kappa shape index (κ2) is 9.64. The van der Waals surface area contributed by atoms with Crippen LogP contribution in [-0.4, -0.2) is 40.1 Å². The van der Waals surface area contributed by atoms with Gasteiger partial charge in [0.05, 0.1) is 20.2 Å². The maximum Gasteiger partial charge on any atom is 0.203 e. The van der Waals surface area contributed by atoms with Crippen LogP contribution in [0.5, 0.6) is 0 Å². The summed E-state index contributed by atoms with van der Waals surface area (Å²) in [6.45, 7) is 9.56. The largest absolute Gasteiger partial charge is 0.383 e. The van der Waals surface area contributed by atoms with Gasteiger partial charge in [-0.05, 0) is 35.3 Å². The lowest BCUT2D eigenvalue weighted by Gasteiger charge is -2.19. The molecule has 0 amide bonds. The van der Waals surface area contributed by atoms with Gasteiger partial charge in [-0.3, -0.25) is 9.55 Å². The van der Waals surface area contributed by atoms with Crippen LogP contribution in [0.15, 0.2) is 48.8 Å². The van der Waals surface area contributed by atoms with Gasteiger partial charge in [0.1, 0.15) is 6.54 Å². The van der Waals surface area contributed by atoms with Gasteiger partial charge in [0.15, 0.2) is 12.5 Å². The minimum Gasteiger partial charge on any atom is -0.383 e. The molecule has 2 heterocycles. The van der Waals surface area contributed by atoms with E-state index in [1.54, 1.807) is 19.5 Å². The molecule has 0 aliphatic carbocycles. The second-order valence-electron chi connectivity index (χ2n) is 8.72. The maximum atomic E-state index is 5.75. The van der Waals surface area contributed by atoms with E-state index >= 15 is 0 Å². The first-order chi connectivity index (χ1) is 14.3. The van der Waals surface area contributed by atoms with E-state index in [-0.39, 0.29) is 5.41 Å². The first-order valence-electron chi connectivity index (χ1n) is 10.3. The van der Waals surface area contributed by atoms with Gasteiger partial charge >= 0.3 is 0 Å². The molecule has 0 fully saturated rings. The Morgan fingerprint density at radius 3 is 2.33 bits per heavy atom. The fourth-order valence-corrected chi connectivity index (χ4v) is 3.71. The molecule has 0 spiro atoms.